The van der Waals surface area contributed by atoms with Crippen LogP contribution in [-0.4, -0.2) is 37.2 Å². The molecule has 1 N–H and O–H groups in total. The van der Waals surface area contributed by atoms with E-state index in [-0.39, 0.29) is 5.91 Å². The van der Waals surface area contributed by atoms with Crippen LogP contribution >= 0.6 is 15.9 Å². The van der Waals surface area contributed by atoms with Crippen LogP contribution in [-0.2, 0) is 6.54 Å². The molecular weight excluding hydrogens is 408 g/mol. The Balaban J connectivity index is 1.49. The van der Waals surface area contributed by atoms with E-state index in [0.717, 1.165) is 9.99 Å². The van der Waals surface area contributed by atoms with E-state index in [9.17, 15) is 4.79 Å². The summed E-state index contributed by atoms with van der Waals surface area (Å²) < 4.78 is 4.72. The molecule has 0 atom stereocenters. The number of amides is 1. The van der Waals surface area contributed by atoms with Crippen LogP contribution in [0.4, 0.5) is 0 Å². The fraction of sp³-hybridized carbons (Fsp3) is 0.158. The van der Waals surface area contributed by atoms with Crippen molar-refractivity contribution in [2.45, 2.75) is 13.5 Å². The second-order valence-electron chi connectivity index (χ2n) is 6.12. The van der Waals surface area contributed by atoms with Crippen LogP contribution in [0.2, 0.25) is 0 Å². The molecule has 2 aromatic carbocycles. The van der Waals surface area contributed by atoms with Crippen LogP contribution < -0.4 is 5.32 Å². The van der Waals surface area contributed by atoms with Crippen molar-refractivity contribution in [3.8, 4) is 5.69 Å². The van der Waals surface area contributed by atoms with Gasteiger partial charge in [0.2, 0.25) is 0 Å². The van der Waals surface area contributed by atoms with E-state index < -0.39 is 0 Å². The second kappa shape index (κ2) is 7.32. The third-order valence-electron chi connectivity index (χ3n) is 4.38. The summed E-state index contributed by atoms with van der Waals surface area (Å²) in [7, 11) is 0. The van der Waals surface area contributed by atoms with Crippen LogP contribution in [0.1, 0.15) is 16.2 Å². The predicted molar refractivity (Wildman–Crippen MR) is 106 cm³/mol. The molecule has 4 aromatic rings. The van der Waals surface area contributed by atoms with Crippen molar-refractivity contribution >= 4 is 32.7 Å². The quantitative estimate of drug-likeness (QED) is 0.533. The van der Waals surface area contributed by atoms with Gasteiger partial charge in [0.05, 0.1) is 11.3 Å². The molecule has 0 aliphatic heterocycles. The molecule has 27 heavy (non-hydrogen) atoms. The van der Waals surface area contributed by atoms with Gasteiger partial charge in [-0.2, -0.15) is 4.68 Å². The molecule has 0 saturated carbocycles. The summed E-state index contributed by atoms with van der Waals surface area (Å²) in [5.41, 5.74) is 2.32. The standard InChI is InChI=1S/C19H17BrN6O/c1-13-22-23-24-26(13)17-5-3-2-4-16(17)19(27)21-9-11-25-10-8-14-6-7-15(20)12-18(14)25/h2-8,10,12H,9,11H2,1H3,(H,21,27). The summed E-state index contributed by atoms with van der Waals surface area (Å²) in [5.74, 6) is 0.470. The van der Waals surface area contributed by atoms with Gasteiger partial charge in [0.1, 0.15) is 0 Å². The summed E-state index contributed by atoms with van der Waals surface area (Å²) in [5, 5.41) is 15.7. The first-order chi connectivity index (χ1) is 13.1. The van der Waals surface area contributed by atoms with Gasteiger partial charge in [-0.3, -0.25) is 4.79 Å². The van der Waals surface area contributed by atoms with E-state index in [4.69, 9.17) is 0 Å². The first-order valence-electron chi connectivity index (χ1n) is 8.50. The average Bonchev–Trinajstić information content (AvgIpc) is 3.27. The number of aryl methyl sites for hydroxylation is 1. The van der Waals surface area contributed by atoms with Crippen molar-refractivity contribution in [2.24, 2.45) is 0 Å². The van der Waals surface area contributed by atoms with E-state index in [2.05, 4.69) is 59.5 Å². The van der Waals surface area contributed by atoms with Crippen LogP contribution in [0, 0.1) is 6.92 Å². The Kier molecular flexibility index (Phi) is 4.72. The highest BCUT2D eigenvalue weighted by Gasteiger charge is 2.14. The third kappa shape index (κ3) is 3.48. The fourth-order valence-corrected chi connectivity index (χ4v) is 3.39. The van der Waals surface area contributed by atoms with Gasteiger partial charge in [0.15, 0.2) is 5.82 Å². The number of carbonyl (C=O) groups excluding carboxylic acids is 1. The molecule has 0 unspecified atom stereocenters. The Morgan fingerprint density at radius 3 is 2.85 bits per heavy atom. The fourth-order valence-electron chi connectivity index (χ4n) is 3.04. The lowest BCUT2D eigenvalue weighted by Gasteiger charge is -2.11. The largest absolute Gasteiger partial charge is 0.350 e. The molecule has 0 radical (unpaired) electrons. The highest BCUT2D eigenvalue weighted by molar-refractivity contribution is 9.10. The third-order valence-corrected chi connectivity index (χ3v) is 4.87. The lowest BCUT2D eigenvalue weighted by molar-refractivity contribution is 0.0952. The maximum absolute atomic E-state index is 12.7. The first-order valence-corrected chi connectivity index (χ1v) is 9.30. The van der Waals surface area contributed by atoms with Crippen molar-refractivity contribution in [1.29, 1.82) is 0 Å². The summed E-state index contributed by atoms with van der Waals surface area (Å²) in [4.78, 5) is 12.7. The van der Waals surface area contributed by atoms with Crippen molar-refractivity contribution < 1.29 is 4.79 Å². The number of carbonyl (C=O) groups is 1. The smallest absolute Gasteiger partial charge is 0.253 e. The Hall–Kier alpha value is -3.00. The predicted octanol–water partition coefficient (Wildman–Crippen LogP) is 3.12. The Labute approximate surface area is 164 Å². The number of nitrogens with one attached hydrogen (secondary N) is 1. The van der Waals surface area contributed by atoms with E-state index >= 15 is 0 Å². The molecule has 4 rings (SSSR count). The lowest BCUT2D eigenvalue weighted by atomic mass is 10.1. The molecular formula is C19H17BrN6O. The number of benzene rings is 2. The summed E-state index contributed by atoms with van der Waals surface area (Å²) >= 11 is 3.50. The van der Waals surface area contributed by atoms with E-state index in [1.54, 1.807) is 17.7 Å². The molecule has 0 spiro atoms. The first kappa shape index (κ1) is 17.4. The molecule has 0 fully saturated rings. The maximum atomic E-state index is 12.7. The SMILES string of the molecule is Cc1nnnn1-c1ccccc1C(=O)NCCn1ccc2ccc(Br)cc21. The van der Waals surface area contributed by atoms with Gasteiger partial charge < -0.3 is 9.88 Å². The molecule has 136 valence electrons. The number of hydrogen-bond donors (Lipinski definition) is 1. The minimum absolute atomic E-state index is 0.154. The normalized spacial score (nSPS) is 11.0. The number of para-hydroxylation sites is 1. The highest BCUT2D eigenvalue weighted by atomic mass is 79.9. The topological polar surface area (TPSA) is 77.6 Å². The minimum atomic E-state index is -0.154. The van der Waals surface area contributed by atoms with Crippen molar-refractivity contribution in [1.82, 2.24) is 30.1 Å². The van der Waals surface area contributed by atoms with Crippen molar-refractivity contribution in [2.75, 3.05) is 6.54 Å². The summed E-state index contributed by atoms with van der Waals surface area (Å²) in [6.07, 6.45) is 2.03. The second-order valence-corrected chi connectivity index (χ2v) is 7.04. The molecule has 2 heterocycles. The van der Waals surface area contributed by atoms with E-state index in [1.165, 1.54) is 5.39 Å². The zero-order valence-corrected chi connectivity index (χ0v) is 16.2. The Bertz CT molecular complexity index is 1120. The molecule has 0 aliphatic carbocycles. The van der Waals surface area contributed by atoms with Crippen LogP contribution in [0.3, 0.4) is 0 Å². The number of hydrogen-bond acceptors (Lipinski definition) is 4. The van der Waals surface area contributed by atoms with Crippen LogP contribution in [0.25, 0.3) is 16.6 Å². The van der Waals surface area contributed by atoms with Gasteiger partial charge in [0, 0.05) is 29.3 Å². The van der Waals surface area contributed by atoms with Crippen LogP contribution in [0.5, 0.6) is 0 Å². The zero-order valence-electron chi connectivity index (χ0n) is 14.6. The lowest BCUT2D eigenvalue weighted by Crippen LogP contribution is -2.28. The van der Waals surface area contributed by atoms with Crippen molar-refractivity contribution in [3.63, 3.8) is 0 Å². The zero-order chi connectivity index (χ0) is 18.8. The number of halogens is 1. The van der Waals surface area contributed by atoms with Gasteiger partial charge in [-0.25, -0.2) is 0 Å². The van der Waals surface area contributed by atoms with Crippen molar-refractivity contribution in [3.05, 3.63) is 70.6 Å². The Morgan fingerprint density at radius 2 is 2.04 bits per heavy atom. The van der Waals surface area contributed by atoms with Gasteiger partial charge >= 0.3 is 0 Å². The van der Waals surface area contributed by atoms with Gasteiger partial charge in [0.25, 0.3) is 5.91 Å². The van der Waals surface area contributed by atoms with E-state index in [1.807, 2.05) is 30.5 Å². The maximum Gasteiger partial charge on any atom is 0.253 e. The molecule has 8 heteroatoms. The summed E-state index contributed by atoms with van der Waals surface area (Å²) in [6, 6.07) is 15.5. The Morgan fingerprint density at radius 1 is 1.19 bits per heavy atom. The number of aromatic nitrogens is 5. The molecule has 7 nitrogen and oxygen atoms in total. The minimum Gasteiger partial charge on any atom is -0.350 e. The van der Waals surface area contributed by atoms with Gasteiger partial charge in [-0.05, 0) is 53.1 Å². The monoisotopic (exact) mass is 424 g/mol. The van der Waals surface area contributed by atoms with Gasteiger partial charge in [-0.1, -0.05) is 34.1 Å². The molecule has 0 aliphatic rings. The average molecular weight is 425 g/mol. The van der Waals surface area contributed by atoms with E-state index in [0.29, 0.717) is 30.2 Å². The molecule has 0 bridgehead atoms. The molecule has 2 aromatic heterocycles. The number of nitrogens with zero attached hydrogens (tertiary/aromatic N) is 5. The summed E-state index contributed by atoms with van der Waals surface area (Å²) in [6.45, 7) is 2.99. The molecule has 0 saturated heterocycles. The van der Waals surface area contributed by atoms with Gasteiger partial charge in [-0.15, -0.1) is 5.10 Å². The molecule has 1 amide bonds. The number of tetrazole rings is 1. The number of rotatable bonds is 5. The highest BCUT2D eigenvalue weighted by Crippen LogP contribution is 2.20. The van der Waals surface area contributed by atoms with Crippen LogP contribution in [0.15, 0.2) is 59.2 Å². The number of fused-ring (bicyclic) bond motifs is 1.